The minimum Gasteiger partial charge on any atom is -0.497 e. The zero-order valence-electron chi connectivity index (χ0n) is 21.6. The van der Waals surface area contributed by atoms with Crippen molar-refractivity contribution < 1.29 is 19.0 Å². The molecule has 3 aromatic rings. The molecule has 0 saturated carbocycles. The van der Waals surface area contributed by atoms with Gasteiger partial charge in [0.2, 0.25) is 5.91 Å². The van der Waals surface area contributed by atoms with Crippen molar-refractivity contribution in [2.45, 2.75) is 52.7 Å². The normalized spacial score (nSPS) is 16.0. The van der Waals surface area contributed by atoms with Gasteiger partial charge < -0.3 is 19.1 Å². The topological polar surface area (TPSA) is 48.0 Å². The molecule has 1 unspecified atom stereocenters. The van der Waals surface area contributed by atoms with Gasteiger partial charge in [-0.15, -0.1) is 0 Å². The number of ether oxygens (including phenoxy) is 3. The van der Waals surface area contributed by atoms with Crippen LogP contribution in [0.1, 0.15) is 56.8 Å². The number of amides is 1. The summed E-state index contributed by atoms with van der Waals surface area (Å²) in [5.74, 6) is 2.50. The Hall–Kier alpha value is -3.18. The van der Waals surface area contributed by atoms with Crippen molar-refractivity contribution in [2.24, 2.45) is 5.92 Å². The second kappa shape index (κ2) is 11.3. The number of anilines is 1. The highest BCUT2D eigenvalue weighted by atomic mass is 35.5. The van der Waals surface area contributed by atoms with Crippen molar-refractivity contribution in [2.75, 3.05) is 18.6 Å². The van der Waals surface area contributed by atoms with Crippen molar-refractivity contribution in [3.8, 4) is 17.2 Å². The van der Waals surface area contributed by atoms with Crippen molar-refractivity contribution in [3.63, 3.8) is 0 Å². The molecule has 0 N–H and O–H groups in total. The number of carbonyl (C=O) groups excluding carboxylic acids is 1. The molecule has 5 nitrogen and oxygen atoms in total. The number of benzene rings is 3. The number of methoxy groups -OCH3 is 1. The molecule has 0 aliphatic carbocycles. The smallest absolute Gasteiger partial charge is 0.232 e. The Balaban J connectivity index is 1.87. The maximum absolute atomic E-state index is 13.6. The van der Waals surface area contributed by atoms with Crippen LogP contribution in [-0.4, -0.2) is 25.7 Å². The summed E-state index contributed by atoms with van der Waals surface area (Å²) in [7, 11) is 1.63. The first kappa shape index (κ1) is 25.9. The van der Waals surface area contributed by atoms with Gasteiger partial charge in [0.25, 0.3) is 0 Å². The first-order valence-corrected chi connectivity index (χ1v) is 12.9. The van der Waals surface area contributed by atoms with Gasteiger partial charge in [0, 0.05) is 10.7 Å². The maximum atomic E-state index is 13.6. The van der Waals surface area contributed by atoms with Crippen molar-refractivity contribution >= 4 is 23.2 Å². The minimum absolute atomic E-state index is 0.0121. The highest BCUT2D eigenvalue weighted by Crippen LogP contribution is 2.44. The van der Waals surface area contributed by atoms with Crippen LogP contribution in [0.15, 0.2) is 60.7 Å². The molecule has 2 atom stereocenters. The van der Waals surface area contributed by atoms with Crippen LogP contribution in [0.2, 0.25) is 5.02 Å². The number of hydrogen-bond donors (Lipinski definition) is 0. The van der Waals surface area contributed by atoms with E-state index < -0.39 is 0 Å². The molecular weight excluding hydrogens is 474 g/mol. The van der Waals surface area contributed by atoms with E-state index in [1.54, 1.807) is 7.11 Å². The second-order valence-corrected chi connectivity index (χ2v) is 10.1. The predicted octanol–water partition coefficient (Wildman–Crippen LogP) is 7.24. The third kappa shape index (κ3) is 5.62. The molecule has 6 heteroatoms. The van der Waals surface area contributed by atoms with E-state index in [0.717, 1.165) is 34.5 Å². The van der Waals surface area contributed by atoms with Crippen LogP contribution in [-0.2, 0) is 11.2 Å². The number of rotatable bonds is 9. The third-order valence-electron chi connectivity index (χ3n) is 6.38. The van der Waals surface area contributed by atoms with Gasteiger partial charge >= 0.3 is 0 Å². The molecule has 0 aromatic heterocycles. The predicted molar refractivity (Wildman–Crippen MR) is 145 cm³/mol. The molecule has 1 aliphatic rings. The number of carbonyl (C=O) groups is 1. The summed E-state index contributed by atoms with van der Waals surface area (Å²) < 4.78 is 17.8. The molecule has 0 fully saturated rings. The quantitative estimate of drug-likeness (QED) is 0.306. The summed E-state index contributed by atoms with van der Waals surface area (Å²) in [4.78, 5) is 15.5. The van der Waals surface area contributed by atoms with Gasteiger partial charge in [0.1, 0.15) is 5.75 Å². The highest BCUT2D eigenvalue weighted by Gasteiger charge is 2.36. The largest absolute Gasteiger partial charge is 0.497 e. The van der Waals surface area contributed by atoms with E-state index >= 15 is 0 Å². The Kier molecular flexibility index (Phi) is 8.10. The number of fused-ring (bicyclic) bond motifs is 1. The monoisotopic (exact) mass is 507 g/mol. The molecule has 1 amide bonds. The van der Waals surface area contributed by atoms with Gasteiger partial charge in [-0.3, -0.25) is 4.79 Å². The fourth-order valence-corrected chi connectivity index (χ4v) is 4.45. The van der Waals surface area contributed by atoms with Crippen molar-refractivity contribution in [3.05, 3.63) is 82.4 Å². The third-order valence-corrected chi connectivity index (χ3v) is 6.63. The summed E-state index contributed by atoms with van der Waals surface area (Å²) in [6, 6.07) is 19.0. The van der Waals surface area contributed by atoms with Crippen LogP contribution in [0.25, 0.3) is 0 Å². The van der Waals surface area contributed by atoms with Crippen LogP contribution in [0.3, 0.4) is 0 Å². The average Bonchev–Trinajstić information content (AvgIpc) is 2.87. The fourth-order valence-electron chi connectivity index (χ4n) is 4.33. The maximum Gasteiger partial charge on any atom is 0.232 e. The van der Waals surface area contributed by atoms with E-state index in [0.29, 0.717) is 29.0 Å². The zero-order valence-corrected chi connectivity index (χ0v) is 22.3. The Labute approximate surface area is 218 Å². The lowest BCUT2D eigenvalue weighted by atomic mass is 9.86. The van der Waals surface area contributed by atoms with Crippen LogP contribution in [0.4, 0.5) is 5.69 Å². The molecule has 0 spiro atoms. The van der Waals surface area contributed by atoms with Crippen LogP contribution >= 0.6 is 11.6 Å². The lowest BCUT2D eigenvalue weighted by Gasteiger charge is -2.38. The summed E-state index contributed by atoms with van der Waals surface area (Å²) in [5.41, 5.74) is 3.73. The van der Waals surface area contributed by atoms with Gasteiger partial charge in [-0.1, -0.05) is 44.5 Å². The lowest BCUT2D eigenvalue weighted by molar-refractivity contribution is -0.118. The number of halogens is 1. The Morgan fingerprint density at radius 3 is 2.31 bits per heavy atom. The minimum atomic E-state index is -0.342. The molecule has 4 rings (SSSR count). The first-order valence-electron chi connectivity index (χ1n) is 12.5. The Bertz CT molecular complexity index is 1190. The van der Waals surface area contributed by atoms with Gasteiger partial charge in [-0.05, 0) is 84.5 Å². The van der Waals surface area contributed by atoms with E-state index in [1.165, 1.54) is 0 Å². The molecule has 1 heterocycles. The Morgan fingerprint density at radius 2 is 1.69 bits per heavy atom. The van der Waals surface area contributed by atoms with Gasteiger partial charge in [0.05, 0.1) is 32.3 Å². The van der Waals surface area contributed by atoms with E-state index in [9.17, 15) is 4.79 Å². The molecule has 0 saturated heterocycles. The van der Waals surface area contributed by atoms with Gasteiger partial charge in [-0.2, -0.15) is 0 Å². The van der Waals surface area contributed by atoms with Crippen molar-refractivity contribution in [1.29, 1.82) is 0 Å². The molecule has 0 radical (unpaired) electrons. The fraction of sp³-hybridized carbons (Fsp3) is 0.367. The molecule has 0 bridgehead atoms. The Morgan fingerprint density at radius 1 is 1.00 bits per heavy atom. The van der Waals surface area contributed by atoms with Crippen LogP contribution in [0.5, 0.6) is 17.2 Å². The van der Waals surface area contributed by atoms with Crippen LogP contribution < -0.4 is 19.1 Å². The SMILES string of the molecule is CC[C@@H](C)Oc1cc2c(cc1OCC(C)C)CC(=O)N(c1ccc(OC)cc1)C2c1ccc(Cl)cc1. The van der Waals surface area contributed by atoms with E-state index in [2.05, 4.69) is 33.8 Å². The van der Waals surface area contributed by atoms with Gasteiger partial charge in [0.15, 0.2) is 11.5 Å². The molecular formula is C30H34ClNO4. The van der Waals surface area contributed by atoms with Crippen LogP contribution in [0, 0.1) is 5.92 Å². The second-order valence-electron chi connectivity index (χ2n) is 9.63. The first-order chi connectivity index (χ1) is 17.3. The number of hydrogen-bond acceptors (Lipinski definition) is 4. The molecule has 190 valence electrons. The summed E-state index contributed by atoms with van der Waals surface area (Å²) in [6.45, 7) is 8.94. The summed E-state index contributed by atoms with van der Waals surface area (Å²) >= 11 is 6.21. The molecule has 3 aromatic carbocycles. The molecule has 1 aliphatic heterocycles. The zero-order chi connectivity index (χ0) is 25.8. The number of nitrogens with zero attached hydrogens (tertiary/aromatic N) is 1. The lowest BCUT2D eigenvalue weighted by Crippen LogP contribution is -2.41. The molecule has 36 heavy (non-hydrogen) atoms. The van der Waals surface area contributed by atoms with Crippen molar-refractivity contribution in [1.82, 2.24) is 0 Å². The van der Waals surface area contributed by atoms with E-state index in [1.807, 2.05) is 59.5 Å². The summed E-state index contributed by atoms with van der Waals surface area (Å²) in [5, 5.41) is 0.648. The summed E-state index contributed by atoms with van der Waals surface area (Å²) in [6.07, 6.45) is 1.17. The van der Waals surface area contributed by atoms with E-state index in [4.69, 9.17) is 25.8 Å². The average molecular weight is 508 g/mol. The van der Waals surface area contributed by atoms with E-state index in [-0.39, 0.29) is 24.5 Å². The standard InChI is InChI=1S/C30H34ClNO4/c1-6-20(4)36-28-17-26-22(15-27(28)35-18-19(2)3)16-29(33)32(24-11-13-25(34-5)14-12-24)30(26)21-7-9-23(31)10-8-21/h7-15,17,19-20,30H,6,16,18H2,1-5H3/t20-,30?/m1/s1. The highest BCUT2D eigenvalue weighted by molar-refractivity contribution is 6.30. The van der Waals surface area contributed by atoms with Gasteiger partial charge in [-0.25, -0.2) is 0 Å².